The second-order valence-electron chi connectivity index (χ2n) is 7.18. The third kappa shape index (κ3) is 4.84. The van der Waals surface area contributed by atoms with Crippen molar-refractivity contribution in [1.82, 2.24) is 5.32 Å². The summed E-state index contributed by atoms with van der Waals surface area (Å²) >= 11 is 0. The Kier molecular flexibility index (Phi) is 6.15. The fraction of sp³-hybridized carbons (Fsp3) is 0.286. The Balaban J connectivity index is 1.90. The van der Waals surface area contributed by atoms with Crippen LogP contribution >= 0.6 is 0 Å². The SMILES string of the molecule is N#Cc1cccc(NC(=O)[C@@H]2CC(c3ccc(C#N)c(C(F)(F)F)c3)[C@H](C(F)(F)F)N2)c1. The van der Waals surface area contributed by atoms with Gasteiger partial charge in [0.25, 0.3) is 0 Å². The first-order valence-corrected chi connectivity index (χ1v) is 9.19. The smallest absolute Gasteiger partial charge is 0.325 e. The predicted molar refractivity (Wildman–Crippen MR) is 100 cm³/mol. The highest BCUT2D eigenvalue weighted by molar-refractivity contribution is 5.95. The summed E-state index contributed by atoms with van der Waals surface area (Å²) in [5, 5.41) is 22.4. The molecular formula is C21H14F6N4O. The summed E-state index contributed by atoms with van der Waals surface area (Å²) in [6.45, 7) is 0. The summed E-state index contributed by atoms with van der Waals surface area (Å²) < 4.78 is 80.7. The van der Waals surface area contributed by atoms with Gasteiger partial charge in [0.1, 0.15) is 6.04 Å². The molecule has 0 saturated carbocycles. The van der Waals surface area contributed by atoms with Gasteiger partial charge in [-0.15, -0.1) is 0 Å². The molecule has 11 heteroatoms. The van der Waals surface area contributed by atoms with Crippen molar-refractivity contribution < 1.29 is 31.1 Å². The molecule has 1 unspecified atom stereocenters. The van der Waals surface area contributed by atoms with Crippen molar-refractivity contribution in [3.8, 4) is 12.1 Å². The van der Waals surface area contributed by atoms with Crippen LogP contribution in [0.4, 0.5) is 32.0 Å². The van der Waals surface area contributed by atoms with Crippen molar-refractivity contribution in [2.45, 2.75) is 36.8 Å². The van der Waals surface area contributed by atoms with Gasteiger partial charge in [-0.1, -0.05) is 12.1 Å². The van der Waals surface area contributed by atoms with Crippen molar-refractivity contribution in [2.24, 2.45) is 0 Å². The molecule has 2 aromatic rings. The number of hydrogen-bond donors (Lipinski definition) is 2. The van der Waals surface area contributed by atoms with E-state index in [1.54, 1.807) is 0 Å². The van der Waals surface area contributed by atoms with Crippen LogP contribution in [0, 0.1) is 22.7 Å². The van der Waals surface area contributed by atoms with Crippen LogP contribution in [0.25, 0.3) is 0 Å². The van der Waals surface area contributed by atoms with Crippen LogP contribution in [-0.2, 0) is 11.0 Å². The zero-order chi connectivity index (χ0) is 23.7. The first kappa shape index (κ1) is 23.1. The molecule has 0 aromatic heterocycles. The monoisotopic (exact) mass is 452 g/mol. The number of benzene rings is 2. The average Bonchev–Trinajstić information content (AvgIpc) is 3.19. The van der Waals surface area contributed by atoms with Gasteiger partial charge in [0, 0.05) is 11.6 Å². The van der Waals surface area contributed by atoms with E-state index in [2.05, 4.69) is 10.6 Å². The third-order valence-corrected chi connectivity index (χ3v) is 5.10. The Bertz CT molecular complexity index is 1110. The predicted octanol–water partition coefficient (Wildman–Crippen LogP) is 4.46. The lowest BCUT2D eigenvalue weighted by atomic mass is 9.88. The molecule has 0 bridgehead atoms. The minimum absolute atomic E-state index is 0.195. The molecule has 0 radical (unpaired) electrons. The van der Waals surface area contributed by atoms with Crippen LogP contribution in [0.1, 0.15) is 34.6 Å². The lowest BCUT2D eigenvalue weighted by Gasteiger charge is -2.23. The normalized spacial score (nSPS) is 20.9. The number of nitrogens with one attached hydrogen (secondary N) is 2. The van der Waals surface area contributed by atoms with Crippen molar-refractivity contribution >= 4 is 11.6 Å². The molecule has 1 aliphatic rings. The van der Waals surface area contributed by atoms with Crippen molar-refractivity contribution in [2.75, 3.05) is 5.32 Å². The number of alkyl halides is 6. The molecule has 1 fully saturated rings. The van der Waals surface area contributed by atoms with Gasteiger partial charge in [-0.25, -0.2) is 0 Å². The summed E-state index contributed by atoms with van der Waals surface area (Å²) in [4.78, 5) is 12.5. The lowest BCUT2D eigenvalue weighted by Crippen LogP contribution is -2.46. The highest BCUT2D eigenvalue weighted by Gasteiger charge is 2.52. The zero-order valence-electron chi connectivity index (χ0n) is 16.1. The van der Waals surface area contributed by atoms with Crippen molar-refractivity contribution in [3.63, 3.8) is 0 Å². The first-order chi connectivity index (χ1) is 14.9. The summed E-state index contributed by atoms with van der Waals surface area (Å²) in [5.41, 5.74) is -1.90. The third-order valence-electron chi connectivity index (χ3n) is 5.10. The summed E-state index contributed by atoms with van der Waals surface area (Å²) in [7, 11) is 0. The van der Waals surface area contributed by atoms with E-state index >= 15 is 0 Å². The summed E-state index contributed by atoms with van der Waals surface area (Å²) in [6, 6.07) is 7.76. The number of anilines is 1. The summed E-state index contributed by atoms with van der Waals surface area (Å²) in [5.74, 6) is -2.30. The molecule has 0 spiro atoms. The molecule has 0 aliphatic carbocycles. The standard InChI is InChI=1S/C21H14F6N4O/c22-20(23,24)16-7-12(4-5-13(16)10-29)15-8-17(31-18(15)21(25,26)27)19(32)30-14-3-1-2-11(6-14)9-28/h1-7,15,17-18,31H,8H2,(H,30,32)/t15?,17-,18+/m0/s1. The van der Waals surface area contributed by atoms with Crippen LogP contribution in [0.2, 0.25) is 0 Å². The second kappa shape index (κ2) is 8.52. The maximum atomic E-state index is 13.6. The Morgan fingerprint density at radius 3 is 2.34 bits per heavy atom. The minimum Gasteiger partial charge on any atom is -0.325 e. The molecule has 166 valence electrons. The fourth-order valence-electron chi connectivity index (χ4n) is 3.65. The Morgan fingerprint density at radius 1 is 1.03 bits per heavy atom. The van der Waals surface area contributed by atoms with E-state index in [4.69, 9.17) is 10.5 Å². The van der Waals surface area contributed by atoms with Gasteiger partial charge in [0.15, 0.2) is 0 Å². The number of amides is 1. The number of carbonyl (C=O) groups is 1. The second-order valence-corrected chi connectivity index (χ2v) is 7.18. The maximum Gasteiger partial charge on any atom is 0.417 e. The highest BCUT2D eigenvalue weighted by Crippen LogP contribution is 2.42. The molecule has 32 heavy (non-hydrogen) atoms. The van der Waals surface area contributed by atoms with Gasteiger partial charge >= 0.3 is 12.4 Å². The van der Waals surface area contributed by atoms with Crippen LogP contribution < -0.4 is 10.6 Å². The van der Waals surface area contributed by atoms with Crippen LogP contribution in [0.3, 0.4) is 0 Å². The first-order valence-electron chi connectivity index (χ1n) is 9.19. The number of hydrogen-bond acceptors (Lipinski definition) is 4. The Morgan fingerprint density at radius 2 is 1.75 bits per heavy atom. The molecule has 5 nitrogen and oxygen atoms in total. The minimum atomic E-state index is -4.93. The molecule has 1 heterocycles. The molecule has 3 atom stereocenters. The number of nitrogens with zero attached hydrogens (tertiary/aromatic N) is 2. The molecule has 2 N–H and O–H groups in total. The molecule has 1 aliphatic heterocycles. The van der Waals surface area contributed by atoms with E-state index in [-0.39, 0.29) is 16.8 Å². The van der Waals surface area contributed by atoms with Crippen LogP contribution in [0.5, 0.6) is 0 Å². The number of rotatable bonds is 3. The average molecular weight is 452 g/mol. The van der Waals surface area contributed by atoms with Crippen molar-refractivity contribution in [1.29, 1.82) is 10.5 Å². The van der Waals surface area contributed by atoms with Gasteiger partial charge in [-0.2, -0.15) is 36.9 Å². The quantitative estimate of drug-likeness (QED) is 0.673. The van der Waals surface area contributed by atoms with Crippen molar-refractivity contribution in [3.05, 3.63) is 64.7 Å². The number of nitriles is 2. The van der Waals surface area contributed by atoms with Gasteiger partial charge < -0.3 is 5.32 Å². The highest BCUT2D eigenvalue weighted by atomic mass is 19.4. The number of halogens is 6. The van der Waals surface area contributed by atoms with Gasteiger partial charge in [-0.05, 0) is 42.3 Å². The Labute approximate surface area is 178 Å². The van der Waals surface area contributed by atoms with E-state index in [1.165, 1.54) is 30.3 Å². The van der Waals surface area contributed by atoms with E-state index in [1.807, 2.05) is 6.07 Å². The molecular weight excluding hydrogens is 438 g/mol. The van der Waals surface area contributed by atoms with E-state index in [9.17, 15) is 31.1 Å². The van der Waals surface area contributed by atoms with Crippen LogP contribution in [-0.4, -0.2) is 24.2 Å². The maximum absolute atomic E-state index is 13.6. The fourth-order valence-corrected chi connectivity index (χ4v) is 3.65. The summed E-state index contributed by atoms with van der Waals surface area (Å²) in [6.07, 6.45) is -10.2. The van der Waals surface area contributed by atoms with E-state index in [0.29, 0.717) is 6.07 Å². The zero-order valence-corrected chi connectivity index (χ0v) is 16.1. The molecule has 2 aromatic carbocycles. The van der Waals surface area contributed by atoms with Gasteiger partial charge in [-0.3, -0.25) is 10.1 Å². The van der Waals surface area contributed by atoms with Crippen LogP contribution in [0.15, 0.2) is 42.5 Å². The molecule has 1 amide bonds. The van der Waals surface area contributed by atoms with E-state index in [0.717, 1.165) is 12.1 Å². The van der Waals surface area contributed by atoms with Gasteiger partial charge in [0.2, 0.25) is 5.91 Å². The van der Waals surface area contributed by atoms with Gasteiger partial charge in [0.05, 0.1) is 34.9 Å². The topological polar surface area (TPSA) is 88.7 Å². The van der Waals surface area contributed by atoms with E-state index < -0.39 is 53.8 Å². The molecule has 3 rings (SSSR count). The number of carbonyl (C=O) groups excluding carboxylic acids is 1. The molecule has 1 saturated heterocycles. The largest absolute Gasteiger partial charge is 0.417 e. The Hall–Kier alpha value is -3.57. The lowest BCUT2D eigenvalue weighted by molar-refractivity contribution is -0.156.